The van der Waals surface area contributed by atoms with Crippen molar-refractivity contribution in [1.29, 1.82) is 0 Å². The highest BCUT2D eigenvalue weighted by molar-refractivity contribution is 7.80. The molecule has 0 heterocycles. The average molecular weight is 360 g/mol. The molecule has 8 nitrogen and oxygen atoms in total. The number of benzene rings is 2. The standard InChI is InChI=1S/C16H16N4O4S/c1-10-3-5-12(6-4-10)18-16(25)19-17-9-11-7-13(20(22)23)15(21)14(8-11)24-2/h3-9,21H,1-2H3,(H2,18,19,25)/b17-9+. The van der Waals surface area contributed by atoms with Gasteiger partial charge in [0.1, 0.15) is 0 Å². The average Bonchev–Trinajstić information content (AvgIpc) is 2.58. The van der Waals surface area contributed by atoms with Gasteiger partial charge in [-0.1, -0.05) is 17.7 Å². The lowest BCUT2D eigenvalue weighted by Gasteiger charge is -2.07. The van der Waals surface area contributed by atoms with E-state index in [4.69, 9.17) is 17.0 Å². The molecular formula is C16H16N4O4S. The highest BCUT2D eigenvalue weighted by Gasteiger charge is 2.19. The zero-order chi connectivity index (χ0) is 18.4. The Morgan fingerprint density at radius 1 is 1.36 bits per heavy atom. The fourth-order valence-electron chi connectivity index (χ4n) is 1.94. The summed E-state index contributed by atoms with van der Waals surface area (Å²) >= 11 is 5.11. The summed E-state index contributed by atoms with van der Waals surface area (Å²) in [4.78, 5) is 10.2. The van der Waals surface area contributed by atoms with Crippen molar-refractivity contribution in [2.75, 3.05) is 12.4 Å². The third-order valence-corrected chi connectivity index (χ3v) is 3.38. The number of nitrogens with one attached hydrogen (secondary N) is 2. The maximum Gasteiger partial charge on any atom is 0.315 e. The minimum absolute atomic E-state index is 0.0176. The molecule has 25 heavy (non-hydrogen) atoms. The van der Waals surface area contributed by atoms with Crippen LogP contribution in [0.15, 0.2) is 41.5 Å². The quantitative estimate of drug-likeness (QED) is 0.325. The van der Waals surface area contributed by atoms with E-state index in [9.17, 15) is 15.2 Å². The number of ether oxygens (including phenoxy) is 1. The molecule has 0 spiro atoms. The molecule has 0 aromatic heterocycles. The van der Waals surface area contributed by atoms with Gasteiger partial charge in [-0.15, -0.1) is 0 Å². The van der Waals surface area contributed by atoms with E-state index in [1.165, 1.54) is 25.5 Å². The number of hydrazone groups is 1. The van der Waals surface area contributed by atoms with Crippen molar-refractivity contribution in [2.24, 2.45) is 5.10 Å². The monoisotopic (exact) mass is 360 g/mol. The fraction of sp³-hybridized carbons (Fsp3) is 0.125. The lowest BCUT2D eigenvalue weighted by molar-refractivity contribution is -0.386. The Morgan fingerprint density at radius 3 is 2.64 bits per heavy atom. The molecule has 3 N–H and O–H groups in total. The summed E-state index contributed by atoms with van der Waals surface area (Å²) in [7, 11) is 1.30. The first-order chi connectivity index (χ1) is 11.9. The van der Waals surface area contributed by atoms with Gasteiger partial charge in [0.25, 0.3) is 0 Å². The molecule has 0 unspecified atom stereocenters. The molecule has 9 heteroatoms. The largest absolute Gasteiger partial charge is 0.500 e. The molecule has 130 valence electrons. The van der Waals surface area contributed by atoms with E-state index in [2.05, 4.69) is 15.8 Å². The van der Waals surface area contributed by atoms with Gasteiger partial charge in [0.2, 0.25) is 5.75 Å². The molecule has 0 aliphatic heterocycles. The first-order valence-corrected chi connectivity index (χ1v) is 7.53. The molecule has 0 saturated carbocycles. The number of phenols is 1. The highest BCUT2D eigenvalue weighted by Crippen LogP contribution is 2.36. The van der Waals surface area contributed by atoms with Crippen molar-refractivity contribution in [3.05, 3.63) is 57.6 Å². The van der Waals surface area contributed by atoms with E-state index in [-0.39, 0.29) is 10.9 Å². The van der Waals surface area contributed by atoms with Crippen molar-refractivity contribution in [3.8, 4) is 11.5 Å². The van der Waals surface area contributed by atoms with Crippen molar-refractivity contribution < 1.29 is 14.8 Å². The molecule has 2 aromatic rings. The van der Waals surface area contributed by atoms with Crippen LogP contribution in [0.1, 0.15) is 11.1 Å². The number of methoxy groups -OCH3 is 1. The molecule has 0 saturated heterocycles. The number of thiocarbonyl (C=S) groups is 1. The lowest BCUT2D eigenvalue weighted by Crippen LogP contribution is -2.23. The molecule has 0 aliphatic rings. The van der Waals surface area contributed by atoms with Crippen molar-refractivity contribution in [3.63, 3.8) is 0 Å². The van der Waals surface area contributed by atoms with Crippen molar-refractivity contribution in [1.82, 2.24) is 5.43 Å². The molecule has 0 atom stereocenters. The first kappa shape index (κ1) is 18.1. The van der Waals surface area contributed by atoms with Crippen molar-refractivity contribution in [2.45, 2.75) is 6.92 Å². The normalized spacial score (nSPS) is 10.5. The van der Waals surface area contributed by atoms with Crippen LogP contribution in [-0.2, 0) is 0 Å². The Labute approximate surface area is 149 Å². The summed E-state index contributed by atoms with van der Waals surface area (Å²) in [5.41, 5.74) is 4.44. The molecule has 0 amide bonds. The Morgan fingerprint density at radius 2 is 2.04 bits per heavy atom. The smallest absolute Gasteiger partial charge is 0.315 e. The molecule has 0 bridgehead atoms. The van der Waals surface area contributed by atoms with Crippen LogP contribution >= 0.6 is 12.2 Å². The number of aromatic hydroxyl groups is 1. The van der Waals surface area contributed by atoms with E-state index in [1.807, 2.05) is 31.2 Å². The Bertz CT molecular complexity index is 822. The van der Waals surface area contributed by atoms with Gasteiger partial charge in [0, 0.05) is 17.3 Å². The van der Waals surface area contributed by atoms with Gasteiger partial charge in [-0.05, 0) is 37.3 Å². The summed E-state index contributed by atoms with van der Waals surface area (Å²) in [5.74, 6) is -0.551. The molecule has 0 fully saturated rings. The van der Waals surface area contributed by atoms with E-state index in [0.29, 0.717) is 5.56 Å². The molecule has 2 rings (SSSR count). The number of hydrogen-bond donors (Lipinski definition) is 3. The van der Waals surface area contributed by atoms with E-state index >= 15 is 0 Å². The minimum atomic E-state index is -0.702. The topological polar surface area (TPSA) is 109 Å². The van der Waals surface area contributed by atoms with Crippen LogP contribution in [0.4, 0.5) is 11.4 Å². The van der Waals surface area contributed by atoms with E-state index in [0.717, 1.165) is 11.3 Å². The Hall–Kier alpha value is -3.20. The third-order valence-electron chi connectivity index (χ3n) is 3.18. The van der Waals surface area contributed by atoms with Gasteiger partial charge < -0.3 is 15.2 Å². The number of anilines is 1. The third kappa shape index (κ3) is 4.88. The molecular weight excluding hydrogens is 344 g/mol. The number of nitro benzene ring substituents is 1. The van der Waals surface area contributed by atoms with Crippen molar-refractivity contribution >= 4 is 34.9 Å². The maximum atomic E-state index is 11.0. The number of phenolic OH excluding ortho intramolecular Hbond substituents is 1. The SMILES string of the molecule is COc1cc(/C=N/NC(=S)Nc2ccc(C)cc2)cc([N+](=O)[O-])c1O. The van der Waals surface area contributed by atoms with Crippen LogP contribution in [0.3, 0.4) is 0 Å². The molecule has 2 aromatic carbocycles. The van der Waals surface area contributed by atoms with Gasteiger partial charge in [0.15, 0.2) is 10.9 Å². The van der Waals surface area contributed by atoms with E-state index in [1.54, 1.807) is 0 Å². The number of nitrogens with zero attached hydrogens (tertiary/aromatic N) is 2. The van der Waals surface area contributed by atoms with Crippen LogP contribution in [0.25, 0.3) is 0 Å². The second kappa shape index (κ2) is 8.06. The molecule has 0 aliphatic carbocycles. The van der Waals surface area contributed by atoms with E-state index < -0.39 is 16.4 Å². The first-order valence-electron chi connectivity index (χ1n) is 7.13. The highest BCUT2D eigenvalue weighted by atomic mass is 32.1. The number of hydrogen-bond acceptors (Lipinski definition) is 6. The van der Waals surface area contributed by atoms with Gasteiger partial charge in [-0.3, -0.25) is 15.5 Å². The predicted octanol–water partition coefficient (Wildman–Crippen LogP) is 2.94. The number of rotatable bonds is 5. The maximum absolute atomic E-state index is 11.0. The number of aryl methyl sites for hydroxylation is 1. The zero-order valence-electron chi connectivity index (χ0n) is 13.5. The summed E-state index contributed by atoms with van der Waals surface area (Å²) < 4.78 is 4.92. The second-order valence-electron chi connectivity index (χ2n) is 5.04. The Kier molecular flexibility index (Phi) is 5.85. The zero-order valence-corrected chi connectivity index (χ0v) is 14.3. The van der Waals surface area contributed by atoms with Crippen LogP contribution in [0, 0.1) is 17.0 Å². The Balaban J connectivity index is 2.06. The summed E-state index contributed by atoms with van der Waals surface area (Å²) in [6, 6.07) is 10.2. The van der Waals surface area contributed by atoms with Crippen LogP contribution < -0.4 is 15.5 Å². The summed E-state index contributed by atoms with van der Waals surface area (Å²) in [6.07, 6.45) is 1.33. The second-order valence-corrected chi connectivity index (χ2v) is 5.45. The number of nitro groups is 1. The van der Waals surface area contributed by atoms with Gasteiger partial charge in [0.05, 0.1) is 18.2 Å². The predicted molar refractivity (Wildman–Crippen MR) is 99.4 cm³/mol. The van der Waals surface area contributed by atoms with Crippen LogP contribution in [0.5, 0.6) is 11.5 Å². The fourth-order valence-corrected chi connectivity index (χ4v) is 2.12. The summed E-state index contributed by atoms with van der Waals surface area (Å²) in [5, 5.41) is 27.8. The van der Waals surface area contributed by atoms with Gasteiger partial charge in [-0.2, -0.15) is 5.10 Å². The molecule has 0 radical (unpaired) electrons. The van der Waals surface area contributed by atoms with Crippen LogP contribution in [-0.4, -0.2) is 28.5 Å². The lowest BCUT2D eigenvalue weighted by atomic mass is 10.2. The van der Waals surface area contributed by atoms with Gasteiger partial charge >= 0.3 is 5.69 Å². The van der Waals surface area contributed by atoms with Crippen LogP contribution in [0.2, 0.25) is 0 Å². The minimum Gasteiger partial charge on any atom is -0.500 e. The summed E-state index contributed by atoms with van der Waals surface area (Å²) in [6.45, 7) is 1.98. The van der Waals surface area contributed by atoms with Gasteiger partial charge in [-0.25, -0.2) is 0 Å².